The van der Waals surface area contributed by atoms with Crippen molar-refractivity contribution in [1.82, 2.24) is 14.9 Å². The SMILES string of the molecule is O=C(Nc1cnn(Cc2cccc(Cl)c2)c1)c1cc(-c2ccc(Cl)cc2Cl)on1. The molecule has 1 amide bonds. The van der Waals surface area contributed by atoms with Crippen molar-refractivity contribution in [3.63, 3.8) is 0 Å². The van der Waals surface area contributed by atoms with Crippen molar-refractivity contribution in [2.24, 2.45) is 0 Å². The van der Waals surface area contributed by atoms with Gasteiger partial charge in [-0.05, 0) is 35.9 Å². The lowest BCUT2D eigenvalue weighted by atomic mass is 10.1. The molecule has 0 spiro atoms. The fourth-order valence-electron chi connectivity index (χ4n) is 2.73. The number of benzene rings is 2. The first-order valence-electron chi connectivity index (χ1n) is 8.48. The molecule has 0 bridgehead atoms. The van der Waals surface area contributed by atoms with E-state index in [0.29, 0.717) is 38.6 Å². The number of carbonyl (C=O) groups excluding carboxylic acids is 1. The minimum absolute atomic E-state index is 0.119. The van der Waals surface area contributed by atoms with Crippen molar-refractivity contribution in [2.45, 2.75) is 6.54 Å². The second-order valence-electron chi connectivity index (χ2n) is 6.21. The number of nitrogens with zero attached hydrogens (tertiary/aromatic N) is 3. The Morgan fingerprint density at radius 1 is 1.07 bits per heavy atom. The van der Waals surface area contributed by atoms with Crippen molar-refractivity contribution in [1.29, 1.82) is 0 Å². The van der Waals surface area contributed by atoms with Gasteiger partial charge in [-0.15, -0.1) is 0 Å². The standard InChI is InChI=1S/C20H13Cl3N4O2/c21-13-3-1-2-12(6-13)10-27-11-15(9-24-27)25-20(28)18-8-19(29-26-18)16-5-4-14(22)7-17(16)23/h1-9,11H,10H2,(H,25,28). The largest absolute Gasteiger partial charge is 0.355 e. The monoisotopic (exact) mass is 446 g/mol. The third kappa shape index (κ3) is 4.62. The Morgan fingerprint density at radius 2 is 1.90 bits per heavy atom. The van der Waals surface area contributed by atoms with Gasteiger partial charge in [0.25, 0.3) is 5.91 Å². The molecule has 0 saturated carbocycles. The Labute approximate surface area is 181 Å². The summed E-state index contributed by atoms with van der Waals surface area (Å²) >= 11 is 18.1. The second kappa shape index (κ2) is 8.29. The minimum Gasteiger partial charge on any atom is -0.355 e. The summed E-state index contributed by atoms with van der Waals surface area (Å²) in [4.78, 5) is 12.5. The van der Waals surface area contributed by atoms with Gasteiger partial charge in [0, 0.05) is 27.9 Å². The summed E-state index contributed by atoms with van der Waals surface area (Å²) in [6.07, 6.45) is 3.27. The Hall–Kier alpha value is -2.80. The number of anilines is 1. The van der Waals surface area contributed by atoms with E-state index in [4.69, 9.17) is 39.3 Å². The molecule has 0 radical (unpaired) electrons. The molecule has 29 heavy (non-hydrogen) atoms. The molecule has 0 aliphatic carbocycles. The van der Waals surface area contributed by atoms with Crippen LogP contribution in [0.3, 0.4) is 0 Å². The molecule has 0 aliphatic heterocycles. The Kier molecular flexibility index (Phi) is 5.58. The van der Waals surface area contributed by atoms with Crippen LogP contribution in [-0.2, 0) is 6.54 Å². The van der Waals surface area contributed by atoms with Gasteiger partial charge < -0.3 is 9.84 Å². The molecule has 0 unspecified atom stereocenters. The van der Waals surface area contributed by atoms with Crippen LogP contribution in [-0.4, -0.2) is 20.8 Å². The van der Waals surface area contributed by atoms with Gasteiger partial charge in [0.15, 0.2) is 11.5 Å². The highest BCUT2D eigenvalue weighted by Gasteiger charge is 2.16. The molecule has 0 atom stereocenters. The predicted molar refractivity (Wildman–Crippen MR) is 113 cm³/mol. The molecule has 6 nitrogen and oxygen atoms in total. The molecule has 4 aromatic rings. The number of carbonyl (C=O) groups is 1. The van der Waals surface area contributed by atoms with Gasteiger partial charge in [-0.1, -0.05) is 52.1 Å². The van der Waals surface area contributed by atoms with Crippen LogP contribution in [0.25, 0.3) is 11.3 Å². The number of rotatable bonds is 5. The summed E-state index contributed by atoms with van der Waals surface area (Å²) in [6, 6.07) is 14.0. The van der Waals surface area contributed by atoms with Crippen LogP contribution in [0, 0.1) is 0 Å². The highest BCUT2D eigenvalue weighted by molar-refractivity contribution is 6.36. The summed E-state index contributed by atoms with van der Waals surface area (Å²) in [5.74, 6) is -0.0548. The van der Waals surface area contributed by atoms with Crippen molar-refractivity contribution < 1.29 is 9.32 Å². The highest BCUT2D eigenvalue weighted by Crippen LogP contribution is 2.30. The third-order valence-electron chi connectivity index (χ3n) is 4.06. The van der Waals surface area contributed by atoms with Gasteiger partial charge in [-0.2, -0.15) is 5.10 Å². The predicted octanol–water partition coefficient (Wildman–Crippen LogP) is 5.80. The molecule has 2 aromatic heterocycles. The highest BCUT2D eigenvalue weighted by atomic mass is 35.5. The van der Waals surface area contributed by atoms with Crippen LogP contribution in [0.4, 0.5) is 5.69 Å². The summed E-state index contributed by atoms with van der Waals surface area (Å²) in [5.41, 5.74) is 2.25. The third-order valence-corrected chi connectivity index (χ3v) is 4.85. The molecule has 0 aliphatic rings. The summed E-state index contributed by atoms with van der Waals surface area (Å²) in [5, 5.41) is 12.4. The quantitative estimate of drug-likeness (QED) is 0.420. The van der Waals surface area contributed by atoms with E-state index in [9.17, 15) is 4.79 Å². The number of amides is 1. The second-order valence-corrected chi connectivity index (χ2v) is 7.49. The van der Waals surface area contributed by atoms with E-state index < -0.39 is 5.91 Å². The first kappa shape index (κ1) is 19.5. The Morgan fingerprint density at radius 3 is 2.69 bits per heavy atom. The topological polar surface area (TPSA) is 73.0 Å². The zero-order chi connectivity index (χ0) is 20.4. The van der Waals surface area contributed by atoms with Crippen LogP contribution in [0.2, 0.25) is 15.1 Å². The van der Waals surface area contributed by atoms with Crippen molar-refractivity contribution >= 4 is 46.4 Å². The molecular formula is C20H13Cl3N4O2. The normalized spacial score (nSPS) is 10.9. The van der Waals surface area contributed by atoms with E-state index in [1.807, 2.05) is 24.3 Å². The van der Waals surface area contributed by atoms with Gasteiger partial charge in [0.2, 0.25) is 0 Å². The lowest BCUT2D eigenvalue weighted by Crippen LogP contribution is -2.11. The van der Waals surface area contributed by atoms with E-state index in [1.54, 1.807) is 35.3 Å². The summed E-state index contributed by atoms with van der Waals surface area (Å²) < 4.78 is 6.95. The molecule has 2 aromatic carbocycles. The number of hydrogen-bond donors (Lipinski definition) is 1. The van der Waals surface area contributed by atoms with Gasteiger partial charge in [-0.3, -0.25) is 9.48 Å². The zero-order valence-corrected chi connectivity index (χ0v) is 17.0. The van der Waals surface area contributed by atoms with Gasteiger partial charge >= 0.3 is 0 Å². The van der Waals surface area contributed by atoms with Gasteiger partial charge in [-0.25, -0.2) is 0 Å². The first-order chi connectivity index (χ1) is 14.0. The molecular weight excluding hydrogens is 435 g/mol. The fourth-order valence-corrected chi connectivity index (χ4v) is 3.45. The van der Waals surface area contributed by atoms with Crippen molar-refractivity contribution in [2.75, 3.05) is 5.32 Å². The first-order valence-corrected chi connectivity index (χ1v) is 9.62. The zero-order valence-electron chi connectivity index (χ0n) is 14.8. The number of halogens is 3. The molecule has 0 saturated heterocycles. The Bertz CT molecular complexity index is 1190. The molecule has 2 heterocycles. The number of aromatic nitrogens is 3. The molecule has 0 fully saturated rings. The average molecular weight is 448 g/mol. The minimum atomic E-state index is -0.424. The van der Waals surface area contributed by atoms with Gasteiger partial charge in [0.1, 0.15) is 0 Å². The van der Waals surface area contributed by atoms with Crippen LogP contribution in [0.5, 0.6) is 0 Å². The smallest absolute Gasteiger partial charge is 0.277 e. The van der Waals surface area contributed by atoms with Crippen LogP contribution < -0.4 is 5.32 Å². The van der Waals surface area contributed by atoms with Crippen LogP contribution in [0.15, 0.2) is 65.4 Å². The maximum atomic E-state index is 12.5. The summed E-state index contributed by atoms with van der Waals surface area (Å²) in [6.45, 7) is 0.527. The Balaban J connectivity index is 1.45. The number of hydrogen-bond acceptors (Lipinski definition) is 4. The summed E-state index contributed by atoms with van der Waals surface area (Å²) in [7, 11) is 0. The van der Waals surface area contributed by atoms with E-state index in [2.05, 4.69) is 15.6 Å². The van der Waals surface area contributed by atoms with Gasteiger partial charge in [0.05, 0.1) is 23.5 Å². The average Bonchev–Trinajstić information content (AvgIpc) is 3.32. The van der Waals surface area contributed by atoms with Crippen LogP contribution in [0.1, 0.15) is 16.1 Å². The van der Waals surface area contributed by atoms with E-state index in [1.165, 1.54) is 6.07 Å². The molecule has 146 valence electrons. The molecule has 4 rings (SSSR count). The van der Waals surface area contributed by atoms with Crippen molar-refractivity contribution in [3.8, 4) is 11.3 Å². The maximum absolute atomic E-state index is 12.5. The molecule has 1 N–H and O–H groups in total. The van der Waals surface area contributed by atoms with Crippen molar-refractivity contribution in [3.05, 3.63) is 87.2 Å². The lowest BCUT2D eigenvalue weighted by molar-refractivity contribution is 0.101. The van der Waals surface area contributed by atoms with E-state index >= 15 is 0 Å². The van der Waals surface area contributed by atoms with E-state index in [0.717, 1.165) is 5.56 Å². The van der Waals surface area contributed by atoms with Crippen LogP contribution >= 0.6 is 34.8 Å². The maximum Gasteiger partial charge on any atom is 0.277 e. The fraction of sp³-hybridized carbons (Fsp3) is 0.0500. The van der Waals surface area contributed by atoms with E-state index in [-0.39, 0.29) is 5.69 Å². The lowest BCUT2D eigenvalue weighted by Gasteiger charge is -2.02. The molecule has 9 heteroatoms. The number of nitrogens with one attached hydrogen (secondary N) is 1.